The van der Waals surface area contributed by atoms with E-state index in [1.807, 2.05) is 0 Å². The zero-order chi connectivity index (χ0) is 14.3. The van der Waals surface area contributed by atoms with E-state index in [1.54, 1.807) is 12.1 Å². The highest BCUT2D eigenvalue weighted by atomic mass is 19.4. The van der Waals surface area contributed by atoms with E-state index in [0.29, 0.717) is 11.2 Å². The fourth-order valence-electron chi connectivity index (χ4n) is 1.96. The first-order chi connectivity index (χ1) is 9.47. The van der Waals surface area contributed by atoms with Crippen LogP contribution in [0.1, 0.15) is 5.56 Å². The number of aromatic amines is 1. The summed E-state index contributed by atoms with van der Waals surface area (Å²) in [5, 5.41) is 6.64. The number of pyridine rings is 1. The molecule has 0 amide bonds. The van der Waals surface area contributed by atoms with Gasteiger partial charge < -0.3 is 0 Å². The van der Waals surface area contributed by atoms with Crippen LogP contribution in [0.4, 0.5) is 13.2 Å². The lowest BCUT2D eigenvalue weighted by Gasteiger charge is -2.06. The Morgan fingerprint density at radius 2 is 1.75 bits per heavy atom. The van der Waals surface area contributed by atoms with Crippen LogP contribution in [0.3, 0.4) is 0 Å². The van der Waals surface area contributed by atoms with Crippen LogP contribution in [0, 0.1) is 0 Å². The molecule has 0 saturated carbocycles. The summed E-state index contributed by atoms with van der Waals surface area (Å²) in [5.74, 6) is 0.277. The van der Waals surface area contributed by atoms with E-state index in [-0.39, 0.29) is 11.4 Å². The molecule has 0 fully saturated rings. The van der Waals surface area contributed by atoms with Crippen LogP contribution in [0.15, 0.2) is 47.3 Å². The Labute approximate surface area is 110 Å². The standard InChI is InChI=1S/C13H8F3N3O/c14-13(15,16)9-6-4-8(5-7-9)12-18-17-10-2-1-3-11(20)19(10)12/h1-7,17H. The topological polar surface area (TPSA) is 50.2 Å². The number of nitrogens with one attached hydrogen (secondary N) is 1. The summed E-state index contributed by atoms with van der Waals surface area (Å²) in [6.45, 7) is 0. The fourth-order valence-corrected chi connectivity index (χ4v) is 1.96. The van der Waals surface area contributed by atoms with Gasteiger partial charge >= 0.3 is 6.18 Å². The molecule has 0 aliphatic carbocycles. The van der Waals surface area contributed by atoms with Crippen molar-refractivity contribution in [3.63, 3.8) is 0 Å². The molecule has 0 radical (unpaired) electrons. The first-order valence-corrected chi connectivity index (χ1v) is 5.70. The van der Waals surface area contributed by atoms with Crippen molar-refractivity contribution in [3.05, 3.63) is 58.4 Å². The normalized spacial score (nSPS) is 11.9. The smallest absolute Gasteiger partial charge is 0.269 e. The highest BCUT2D eigenvalue weighted by Crippen LogP contribution is 2.30. The number of hydrogen-bond acceptors (Lipinski definition) is 2. The number of fused-ring (bicyclic) bond motifs is 1. The van der Waals surface area contributed by atoms with Crippen LogP contribution in [0.5, 0.6) is 0 Å². The van der Waals surface area contributed by atoms with Crippen molar-refractivity contribution in [2.24, 2.45) is 0 Å². The van der Waals surface area contributed by atoms with Crippen molar-refractivity contribution in [1.29, 1.82) is 0 Å². The van der Waals surface area contributed by atoms with Gasteiger partial charge in [-0.25, -0.2) is 4.40 Å². The van der Waals surface area contributed by atoms with Crippen LogP contribution < -0.4 is 5.56 Å². The first-order valence-electron chi connectivity index (χ1n) is 5.70. The van der Waals surface area contributed by atoms with Gasteiger partial charge in [0.05, 0.1) is 5.56 Å². The summed E-state index contributed by atoms with van der Waals surface area (Å²) < 4.78 is 38.8. The van der Waals surface area contributed by atoms with E-state index in [4.69, 9.17) is 0 Å². The largest absolute Gasteiger partial charge is 0.416 e. The summed E-state index contributed by atoms with van der Waals surface area (Å²) in [5.41, 5.74) is -0.135. The molecule has 0 aliphatic rings. The third kappa shape index (κ3) is 1.97. The van der Waals surface area contributed by atoms with Crippen molar-refractivity contribution in [2.75, 3.05) is 0 Å². The lowest BCUT2D eigenvalue weighted by molar-refractivity contribution is -0.137. The lowest BCUT2D eigenvalue weighted by atomic mass is 10.1. The van der Waals surface area contributed by atoms with E-state index >= 15 is 0 Å². The number of alkyl halides is 3. The van der Waals surface area contributed by atoms with Gasteiger partial charge in [0.1, 0.15) is 5.65 Å². The Kier molecular flexibility index (Phi) is 2.63. The van der Waals surface area contributed by atoms with E-state index in [2.05, 4.69) is 10.2 Å². The predicted molar refractivity (Wildman–Crippen MR) is 66.3 cm³/mol. The lowest BCUT2D eigenvalue weighted by Crippen LogP contribution is -2.11. The van der Waals surface area contributed by atoms with Gasteiger partial charge in [-0.3, -0.25) is 9.89 Å². The summed E-state index contributed by atoms with van der Waals surface area (Å²) in [7, 11) is 0. The van der Waals surface area contributed by atoms with Gasteiger partial charge in [-0.15, -0.1) is 0 Å². The Morgan fingerprint density at radius 3 is 2.40 bits per heavy atom. The molecular weight excluding hydrogens is 271 g/mol. The van der Waals surface area contributed by atoms with Crippen molar-refractivity contribution in [2.45, 2.75) is 6.18 Å². The Hall–Kier alpha value is -2.57. The first kappa shape index (κ1) is 12.5. The number of halogens is 3. The minimum atomic E-state index is -4.39. The second-order valence-corrected chi connectivity index (χ2v) is 4.21. The van der Waals surface area contributed by atoms with E-state index < -0.39 is 11.7 Å². The van der Waals surface area contributed by atoms with Crippen LogP contribution >= 0.6 is 0 Å². The molecule has 0 bridgehead atoms. The van der Waals surface area contributed by atoms with Gasteiger partial charge in [0.25, 0.3) is 5.56 Å². The van der Waals surface area contributed by atoms with Crippen molar-refractivity contribution in [1.82, 2.24) is 14.6 Å². The number of aromatic nitrogens is 3. The molecule has 0 atom stereocenters. The van der Waals surface area contributed by atoms with E-state index in [1.165, 1.54) is 22.6 Å². The second-order valence-electron chi connectivity index (χ2n) is 4.21. The molecule has 1 aromatic carbocycles. The molecule has 3 rings (SSSR count). The molecule has 4 nitrogen and oxygen atoms in total. The molecule has 0 saturated heterocycles. The minimum absolute atomic E-state index is 0.277. The number of benzene rings is 1. The zero-order valence-electron chi connectivity index (χ0n) is 9.98. The molecule has 1 N–H and O–H groups in total. The van der Waals surface area contributed by atoms with Crippen LogP contribution in [-0.4, -0.2) is 14.6 Å². The van der Waals surface area contributed by atoms with Gasteiger partial charge in [-0.2, -0.15) is 18.3 Å². The molecule has 0 aliphatic heterocycles. The number of H-pyrrole nitrogens is 1. The molecule has 0 spiro atoms. The summed E-state index contributed by atoms with van der Waals surface area (Å²) in [6, 6.07) is 9.09. The maximum absolute atomic E-state index is 12.5. The summed E-state index contributed by atoms with van der Waals surface area (Å²) in [6.07, 6.45) is -4.39. The molecule has 7 heteroatoms. The third-order valence-corrected chi connectivity index (χ3v) is 2.91. The zero-order valence-corrected chi connectivity index (χ0v) is 9.98. The molecule has 2 heterocycles. The minimum Gasteiger partial charge on any atom is -0.269 e. The number of hydrogen-bond donors (Lipinski definition) is 1. The van der Waals surface area contributed by atoms with Crippen LogP contribution in [0.2, 0.25) is 0 Å². The van der Waals surface area contributed by atoms with Gasteiger partial charge in [0.2, 0.25) is 0 Å². The molecule has 20 heavy (non-hydrogen) atoms. The predicted octanol–water partition coefficient (Wildman–Crippen LogP) is 2.71. The number of rotatable bonds is 1. The van der Waals surface area contributed by atoms with E-state index in [9.17, 15) is 18.0 Å². The van der Waals surface area contributed by atoms with Gasteiger partial charge in [-0.1, -0.05) is 18.2 Å². The fraction of sp³-hybridized carbons (Fsp3) is 0.0769. The highest BCUT2D eigenvalue weighted by Gasteiger charge is 2.30. The van der Waals surface area contributed by atoms with Gasteiger partial charge in [0, 0.05) is 11.6 Å². The maximum Gasteiger partial charge on any atom is 0.416 e. The molecule has 2 aromatic heterocycles. The number of nitrogens with zero attached hydrogens (tertiary/aromatic N) is 2. The Bertz CT molecular complexity index is 815. The summed E-state index contributed by atoms with van der Waals surface area (Å²) >= 11 is 0. The van der Waals surface area contributed by atoms with E-state index in [0.717, 1.165) is 12.1 Å². The average molecular weight is 279 g/mol. The SMILES string of the molecule is O=c1cccc2[nH]nc(-c3ccc(C(F)(F)F)cc3)n12. The third-order valence-electron chi connectivity index (χ3n) is 2.91. The monoisotopic (exact) mass is 279 g/mol. The second kappa shape index (κ2) is 4.22. The van der Waals surface area contributed by atoms with Gasteiger partial charge in [0.15, 0.2) is 5.82 Å². The molecule has 3 aromatic rings. The van der Waals surface area contributed by atoms with Crippen LogP contribution in [0.25, 0.3) is 17.0 Å². The summed E-state index contributed by atoms with van der Waals surface area (Å²) in [4.78, 5) is 11.8. The molecule has 102 valence electrons. The quantitative estimate of drug-likeness (QED) is 0.744. The highest BCUT2D eigenvalue weighted by molar-refractivity contribution is 5.59. The van der Waals surface area contributed by atoms with Crippen LogP contribution in [-0.2, 0) is 6.18 Å². The van der Waals surface area contributed by atoms with Crippen molar-refractivity contribution in [3.8, 4) is 11.4 Å². The Balaban J connectivity index is 2.15. The average Bonchev–Trinajstić information content (AvgIpc) is 2.83. The maximum atomic E-state index is 12.5. The molecular formula is C13H8F3N3O. The Morgan fingerprint density at radius 1 is 1.05 bits per heavy atom. The van der Waals surface area contributed by atoms with Crippen molar-refractivity contribution >= 4 is 5.65 Å². The molecule has 0 unspecified atom stereocenters. The van der Waals surface area contributed by atoms with Crippen molar-refractivity contribution < 1.29 is 13.2 Å². The van der Waals surface area contributed by atoms with Gasteiger partial charge in [-0.05, 0) is 18.2 Å².